The Balaban J connectivity index is 2.18. The smallest absolute Gasteiger partial charge is 0.197 e. The topological polar surface area (TPSA) is 38.7 Å². The fourth-order valence-corrected chi connectivity index (χ4v) is 1.54. The number of hydrogen-bond acceptors (Lipinski definition) is 3. The van der Waals surface area contributed by atoms with E-state index in [4.69, 9.17) is 14.6 Å². The molecule has 0 aromatic rings. The van der Waals surface area contributed by atoms with E-state index in [0.717, 1.165) is 12.8 Å². The van der Waals surface area contributed by atoms with Gasteiger partial charge in [0.2, 0.25) is 0 Å². The number of aliphatic hydroxyl groups is 1. The predicted molar refractivity (Wildman–Crippen MR) is 50.1 cm³/mol. The van der Waals surface area contributed by atoms with Crippen molar-refractivity contribution < 1.29 is 14.6 Å². The normalized spacial score (nSPS) is 31.3. The van der Waals surface area contributed by atoms with Gasteiger partial charge in [0, 0.05) is 6.42 Å². The lowest BCUT2D eigenvalue weighted by molar-refractivity contribution is -0.139. The molecule has 0 spiro atoms. The number of hydrogen-bond donors (Lipinski definition) is 1. The first kappa shape index (κ1) is 10.8. The summed E-state index contributed by atoms with van der Waals surface area (Å²) in [6.45, 7) is 4.14. The number of aliphatic hydroxyl groups excluding tert-OH is 1. The van der Waals surface area contributed by atoms with Crippen LogP contribution in [-0.4, -0.2) is 30.2 Å². The summed E-state index contributed by atoms with van der Waals surface area (Å²) in [6.07, 6.45) is 5.16. The summed E-state index contributed by atoms with van der Waals surface area (Å²) in [5.41, 5.74) is 0. The second kappa shape index (κ2) is 5.47. The average Bonchev–Trinajstić information content (AvgIpc) is 2.15. The molecule has 76 valence electrons. The first-order valence-electron chi connectivity index (χ1n) is 4.97. The Bertz CT molecular complexity index is 136. The maximum absolute atomic E-state index is 8.92. The van der Waals surface area contributed by atoms with Gasteiger partial charge in [-0.25, -0.2) is 0 Å². The number of ether oxygens (including phenoxy) is 2. The van der Waals surface area contributed by atoms with E-state index in [9.17, 15) is 0 Å². The van der Waals surface area contributed by atoms with Crippen LogP contribution in [0.1, 0.15) is 33.1 Å². The molecular weight excluding hydrogens is 168 g/mol. The summed E-state index contributed by atoms with van der Waals surface area (Å²) < 4.78 is 10.8. The van der Waals surface area contributed by atoms with Crippen molar-refractivity contribution in [2.24, 2.45) is 0 Å². The minimum atomic E-state index is -0.686. The second-order valence-electron chi connectivity index (χ2n) is 3.49. The Hall–Kier alpha value is -0.250. The molecule has 0 radical (unpaired) electrons. The lowest BCUT2D eigenvalue weighted by atomic mass is 10.0. The quantitative estimate of drug-likeness (QED) is 0.535. The van der Waals surface area contributed by atoms with Crippen molar-refractivity contribution in [2.45, 2.75) is 51.6 Å². The van der Waals surface area contributed by atoms with E-state index in [0.29, 0.717) is 6.61 Å². The van der Waals surface area contributed by atoms with Crippen LogP contribution in [0.3, 0.4) is 0 Å². The molecular formula is C10H19O3+. The molecule has 0 aromatic carbocycles. The van der Waals surface area contributed by atoms with E-state index in [2.05, 4.69) is 6.42 Å². The van der Waals surface area contributed by atoms with Gasteiger partial charge in [-0.3, -0.25) is 0 Å². The van der Waals surface area contributed by atoms with Crippen molar-refractivity contribution in [1.82, 2.24) is 0 Å². The Kier molecular flexibility index (Phi) is 4.56. The minimum Gasteiger partial charge on any atom is -0.368 e. The summed E-state index contributed by atoms with van der Waals surface area (Å²) in [5.74, 6) is 0. The van der Waals surface area contributed by atoms with Crippen LogP contribution in [0.15, 0.2) is 0 Å². The fourth-order valence-electron chi connectivity index (χ4n) is 1.54. The summed E-state index contributed by atoms with van der Waals surface area (Å²) in [6, 6.07) is 0. The maximum Gasteiger partial charge on any atom is 0.197 e. The summed E-state index contributed by atoms with van der Waals surface area (Å²) in [7, 11) is 0. The van der Waals surface area contributed by atoms with Crippen LogP contribution in [0, 0.1) is 6.42 Å². The molecule has 1 rings (SSSR count). The predicted octanol–water partition coefficient (Wildman–Crippen LogP) is 1.50. The van der Waals surface area contributed by atoms with Crippen molar-refractivity contribution in [2.75, 3.05) is 6.61 Å². The average molecular weight is 187 g/mol. The molecule has 1 N–H and O–H groups in total. The standard InChI is InChI=1S/C10H19O3/c1-3-9-5-4-6-10(13-9)7-12-8(2)11/h3,8-11H,4-7H2,1-2H3/q+1. The highest BCUT2D eigenvalue weighted by Gasteiger charge is 2.26. The Morgan fingerprint density at radius 1 is 1.62 bits per heavy atom. The second-order valence-corrected chi connectivity index (χ2v) is 3.49. The van der Waals surface area contributed by atoms with Gasteiger partial charge in [-0.2, -0.15) is 0 Å². The highest BCUT2D eigenvalue weighted by Crippen LogP contribution is 2.20. The SMILES string of the molecule is C[CH+]C1CCCC(COC(C)O)O1. The van der Waals surface area contributed by atoms with E-state index in [1.54, 1.807) is 6.92 Å². The largest absolute Gasteiger partial charge is 0.368 e. The molecule has 0 aromatic heterocycles. The highest BCUT2D eigenvalue weighted by molar-refractivity contribution is 4.78. The van der Waals surface area contributed by atoms with Gasteiger partial charge in [0.25, 0.3) is 0 Å². The molecule has 1 aliphatic heterocycles. The first-order chi connectivity index (χ1) is 6.22. The van der Waals surface area contributed by atoms with Gasteiger partial charge in [0.1, 0.15) is 6.42 Å². The van der Waals surface area contributed by atoms with E-state index in [1.165, 1.54) is 6.42 Å². The van der Waals surface area contributed by atoms with Crippen LogP contribution < -0.4 is 0 Å². The molecule has 3 heteroatoms. The molecule has 0 bridgehead atoms. The molecule has 3 unspecified atom stereocenters. The van der Waals surface area contributed by atoms with Gasteiger partial charge < -0.3 is 14.6 Å². The molecule has 13 heavy (non-hydrogen) atoms. The van der Waals surface area contributed by atoms with Gasteiger partial charge in [-0.05, 0) is 19.8 Å². The third-order valence-corrected chi connectivity index (χ3v) is 2.28. The summed E-state index contributed by atoms with van der Waals surface area (Å²) in [4.78, 5) is 0. The van der Waals surface area contributed by atoms with E-state index in [1.807, 2.05) is 6.92 Å². The van der Waals surface area contributed by atoms with Crippen LogP contribution in [0.25, 0.3) is 0 Å². The van der Waals surface area contributed by atoms with Crippen molar-refractivity contribution in [3.8, 4) is 0 Å². The summed E-state index contributed by atoms with van der Waals surface area (Å²) >= 11 is 0. The molecule has 1 aliphatic rings. The zero-order chi connectivity index (χ0) is 9.68. The lowest BCUT2D eigenvalue weighted by Gasteiger charge is -2.25. The molecule has 1 fully saturated rings. The first-order valence-corrected chi connectivity index (χ1v) is 4.97. The van der Waals surface area contributed by atoms with Crippen molar-refractivity contribution >= 4 is 0 Å². The van der Waals surface area contributed by atoms with Gasteiger partial charge >= 0.3 is 0 Å². The van der Waals surface area contributed by atoms with E-state index >= 15 is 0 Å². The Morgan fingerprint density at radius 2 is 2.38 bits per heavy atom. The third-order valence-electron chi connectivity index (χ3n) is 2.28. The lowest BCUT2D eigenvalue weighted by Crippen LogP contribution is -2.32. The van der Waals surface area contributed by atoms with Crippen LogP contribution >= 0.6 is 0 Å². The Morgan fingerprint density at radius 3 is 3.00 bits per heavy atom. The Labute approximate surface area is 80.0 Å². The van der Waals surface area contributed by atoms with E-state index < -0.39 is 6.29 Å². The molecule has 3 nitrogen and oxygen atoms in total. The van der Waals surface area contributed by atoms with Crippen LogP contribution in [0.4, 0.5) is 0 Å². The summed E-state index contributed by atoms with van der Waals surface area (Å²) in [5, 5.41) is 8.92. The molecule has 1 heterocycles. The monoisotopic (exact) mass is 187 g/mol. The molecule has 0 saturated carbocycles. The fraction of sp³-hybridized carbons (Fsp3) is 0.900. The molecule has 0 aliphatic carbocycles. The third kappa shape index (κ3) is 3.98. The van der Waals surface area contributed by atoms with Crippen molar-refractivity contribution in [3.05, 3.63) is 6.42 Å². The van der Waals surface area contributed by atoms with Crippen LogP contribution in [0.2, 0.25) is 0 Å². The maximum atomic E-state index is 8.92. The van der Waals surface area contributed by atoms with Crippen molar-refractivity contribution in [1.29, 1.82) is 0 Å². The van der Waals surface area contributed by atoms with Crippen molar-refractivity contribution in [3.63, 3.8) is 0 Å². The van der Waals surface area contributed by atoms with Crippen LogP contribution in [-0.2, 0) is 9.47 Å². The van der Waals surface area contributed by atoms with Gasteiger partial charge in [-0.15, -0.1) is 0 Å². The molecule has 1 saturated heterocycles. The molecule has 0 amide bonds. The number of rotatable bonds is 4. The van der Waals surface area contributed by atoms with Gasteiger partial charge in [0.05, 0.1) is 19.6 Å². The zero-order valence-corrected chi connectivity index (χ0v) is 8.40. The van der Waals surface area contributed by atoms with Gasteiger partial charge in [0.15, 0.2) is 12.4 Å². The van der Waals surface area contributed by atoms with Crippen LogP contribution in [0.5, 0.6) is 0 Å². The molecule has 3 atom stereocenters. The highest BCUT2D eigenvalue weighted by atomic mass is 16.6. The minimum absolute atomic E-state index is 0.157. The van der Waals surface area contributed by atoms with Gasteiger partial charge in [-0.1, -0.05) is 0 Å². The van der Waals surface area contributed by atoms with E-state index in [-0.39, 0.29) is 12.2 Å². The zero-order valence-electron chi connectivity index (χ0n) is 8.40.